The van der Waals surface area contributed by atoms with Crippen LogP contribution in [0.5, 0.6) is 0 Å². The van der Waals surface area contributed by atoms with Gasteiger partial charge in [0.2, 0.25) is 0 Å². The molecule has 2 heteroatoms. The van der Waals surface area contributed by atoms with Crippen LogP contribution in [0.25, 0.3) is 0 Å². The molecule has 1 rings (SSSR count). The molecule has 1 aliphatic rings. The summed E-state index contributed by atoms with van der Waals surface area (Å²) in [6.07, 6.45) is 5.66. The van der Waals surface area contributed by atoms with Crippen molar-refractivity contribution in [3.05, 3.63) is 0 Å². The number of ether oxygens (including phenoxy) is 1. The average Bonchev–Trinajstić information content (AvgIpc) is 2.51. The Labute approximate surface area is 75.5 Å². The van der Waals surface area contributed by atoms with Crippen molar-refractivity contribution >= 4 is 0 Å². The molecule has 1 fully saturated rings. The third kappa shape index (κ3) is 3.11. The summed E-state index contributed by atoms with van der Waals surface area (Å²) < 4.78 is 5.49. The Balaban J connectivity index is 2.13. The molecule has 1 saturated carbocycles. The van der Waals surface area contributed by atoms with Crippen molar-refractivity contribution < 1.29 is 4.74 Å². The molecule has 0 saturated heterocycles. The van der Waals surface area contributed by atoms with E-state index in [-0.39, 0.29) is 6.04 Å². The first kappa shape index (κ1) is 10.0. The van der Waals surface area contributed by atoms with Gasteiger partial charge in [-0.25, -0.2) is 0 Å². The zero-order valence-corrected chi connectivity index (χ0v) is 8.25. The van der Waals surface area contributed by atoms with Crippen LogP contribution in [0.3, 0.4) is 0 Å². The Bertz CT molecular complexity index is 119. The number of rotatable bonds is 4. The smallest absolute Gasteiger partial charge is 0.0623 e. The highest BCUT2D eigenvalue weighted by Gasteiger charge is 2.21. The first-order chi connectivity index (χ1) is 5.70. The Morgan fingerprint density at radius 3 is 2.42 bits per heavy atom. The number of hydrogen-bond donors (Lipinski definition) is 1. The topological polar surface area (TPSA) is 35.2 Å². The summed E-state index contributed by atoms with van der Waals surface area (Å²) >= 11 is 0. The van der Waals surface area contributed by atoms with Gasteiger partial charge in [0.1, 0.15) is 0 Å². The minimum Gasteiger partial charge on any atom is -0.377 e. The van der Waals surface area contributed by atoms with E-state index in [0.717, 1.165) is 12.5 Å². The summed E-state index contributed by atoms with van der Waals surface area (Å²) in [5.41, 5.74) is 6.00. The van der Waals surface area contributed by atoms with Gasteiger partial charge in [-0.05, 0) is 32.6 Å². The summed E-state index contributed by atoms with van der Waals surface area (Å²) in [4.78, 5) is 0. The van der Waals surface area contributed by atoms with Crippen LogP contribution in [-0.2, 0) is 4.74 Å². The van der Waals surface area contributed by atoms with E-state index in [0.29, 0.717) is 6.10 Å². The maximum absolute atomic E-state index is 6.00. The van der Waals surface area contributed by atoms with Crippen molar-refractivity contribution in [1.82, 2.24) is 0 Å². The average molecular weight is 171 g/mol. The zero-order chi connectivity index (χ0) is 8.97. The second kappa shape index (κ2) is 4.83. The second-order valence-electron chi connectivity index (χ2n) is 4.09. The third-order valence-corrected chi connectivity index (χ3v) is 2.63. The minimum absolute atomic E-state index is 0.273. The molecule has 0 spiro atoms. The largest absolute Gasteiger partial charge is 0.377 e. The molecule has 0 aromatic heterocycles. The van der Waals surface area contributed by atoms with Crippen molar-refractivity contribution in [2.24, 2.45) is 11.7 Å². The molecule has 0 radical (unpaired) electrons. The molecular formula is C10H21NO. The number of hydrogen-bond acceptors (Lipinski definition) is 2. The standard InChI is InChI=1S/C10H21NO/c1-8(2)12-7-10(11)9-5-3-4-6-9/h8-10H,3-7,11H2,1-2H3. The van der Waals surface area contributed by atoms with Gasteiger partial charge in [0.25, 0.3) is 0 Å². The Kier molecular flexibility index (Phi) is 4.02. The Hall–Kier alpha value is -0.0800. The lowest BCUT2D eigenvalue weighted by molar-refractivity contribution is 0.0577. The van der Waals surface area contributed by atoms with E-state index in [2.05, 4.69) is 13.8 Å². The lowest BCUT2D eigenvalue weighted by Crippen LogP contribution is -2.34. The van der Waals surface area contributed by atoms with Crippen LogP contribution in [0.1, 0.15) is 39.5 Å². The molecule has 2 nitrogen and oxygen atoms in total. The van der Waals surface area contributed by atoms with Crippen molar-refractivity contribution in [3.8, 4) is 0 Å². The molecule has 1 aliphatic carbocycles. The summed E-state index contributed by atoms with van der Waals surface area (Å²) in [6.45, 7) is 4.85. The molecule has 0 bridgehead atoms. The minimum atomic E-state index is 0.273. The summed E-state index contributed by atoms with van der Waals surface area (Å²) in [5.74, 6) is 0.726. The van der Waals surface area contributed by atoms with Gasteiger partial charge in [0, 0.05) is 6.04 Å². The van der Waals surface area contributed by atoms with Gasteiger partial charge in [-0.3, -0.25) is 0 Å². The van der Waals surface area contributed by atoms with Crippen molar-refractivity contribution in [2.75, 3.05) is 6.61 Å². The summed E-state index contributed by atoms with van der Waals surface area (Å²) in [6, 6.07) is 0.273. The molecule has 72 valence electrons. The van der Waals surface area contributed by atoms with Gasteiger partial charge in [0.15, 0.2) is 0 Å². The van der Waals surface area contributed by atoms with E-state index in [9.17, 15) is 0 Å². The van der Waals surface area contributed by atoms with Crippen LogP contribution >= 0.6 is 0 Å². The molecule has 12 heavy (non-hydrogen) atoms. The van der Waals surface area contributed by atoms with E-state index in [1.807, 2.05) is 0 Å². The zero-order valence-electron chi connectivity index (χ0n) is 8.25. The van der Waals surface area contributed by atoms with Crippen molar-refractivity contribution in [3.63, 3.8) is 0 Å². The van der Waals surface area contributed by atoms with Crippen LogP contribution < -0.4 is 5.73 Å². The van der Waals surface area contributed by atoms with Crippen molar-refractivity contribution in [1.29, 1.82) is 0 Å². The van der Waals surface area contributed by atoms with Crippen LogP contribution in [0.15, 0.2) is 0 Å². The highest BCUT2D eigenvalue weighted by molar-refractivity contribution is 4.77. The normalized spacial score (nSPS) is 22.0. The van der Waals surface area contributed by atoms with Crippen LogP contribution in [0, 0.1) is 5.92 Å². The van der Waals surface area contributed by atoms with E-state index in [1.165, 1.54) is 25.7 Å². The molecular weight excluding hydrogens is 150 g/mol. The predicted octanol–water partition coefficient (Wildman–Crippen LogP) is 1.93. The number of nitrogens with two attached hydrogens (primary N) is 1. The van der Waals surface area contributed by atoms with Gasteiger partial charge < -0.3 is 10.5 Å². The highest BCUT2D eigenvalue weighted by atomic mass is 16.5. The second-order valence-corrected chi connectivity index (χ2v) is 4.09. The molecule has 0 aromatic rings. The fourth-order valence-corrected chi connectivity index (χ4v) is 1.83. The van der Waals surface area contributed by atoms with E-state index < -0.39 is 0 Å². The fraction of sp³-hybridized carbons (Fsp3) is 1.00. The Morgan fingerprint density at radius 1 is 1.33 bits per heavy atom. The maximum atomic E-state index is 6.00. The molecule has 1 atom stereocenters. The molecule has 0 aliphatic heterocycles. The molecule has 0 heterocycles. The van der Waals surface area contributed by atoms with Gasteiger partial charge in [0.05, 0.1) is 12.7 Å². The summed E-state index contributed by atoms with van der Waals surface area (Å²) in [7, 11) is 0. The maximum Gasteiger partial charge on any atom is 0.0623 e. The monoisotopic (exact) mass is 171 g/mol. The summed E-state index contributed by atoms with van der Waals surface area (Å²) in [5, 5.41) is 0. The van der Waals surface area contributed by atoms with Gasteiger partial charge in [-0.1, -0.05) is 12.8 Å². The first-order valence-electron chi connectivity index (χ1n) is 5.07. The van der Waals surface area contributed by atoms with Gasteiger partial charge >= 0.3 is 0 Å². The highest BCUT2D eigenvalue weighted by Crippen LogP contribution is 2.26. The SMILES string of the molecule is CC(C)OCC(N)C1CCCC1. The van der Waals surface area contributed by atoms with Gasteiger partial charge in [-0.2, -0.15) is 0 Å². The van der Waals surface area contributed by atoms with Crippen LogP contribution in [0.2, 0.25) is 0 Å². The molecule has 0 aromatic carbocycles. The van der Waals surface area contributed by atoms with Gasteiger partial charge in [-0.15, -0.1) is 0 Å². The molecule has 2 N–H and O–H groups in total. The first-order valence-corrected chi connectivity index (χ1v) is 5.07. The van der Waals surface area contributed by atoms with Crippen LogP contribution in [-0.4, -0.2) is 18.8 Å². The fourth-order valence-electron chi connectivity index (χ4n) is 1.83. The van der Waals surface area contributed by atoms with Crippen molar-refractivity contribution in [2.45, 2.75) is 51.7 Å². The van der Waals surface area contributed by atoms with E-state index >= 15 is 0 Å². The quantitative estimate of drug-likeness (QED) is 0.701. The molecule has 0 amide bonds. The lowest BCUT2D eigenvalue weighted by atomic mass is 10.00. The van der Waals surface area contributed by atoms with E-state index in [1.54, 1.807) is 0 Å². The Morgan fingerprint density at radius 2 is 1.92 bits per heavy atom. The predicted molar refractivity (Wildman–Crippen MR) is 51.0 cm³/mol. The molecule has 1 unspecified atom stereocenters. The van der Waals surface area contributed by atoms with Crippen LogP contribution in [0.4, 0.5) is 0 Å². The lowest BCUT2D eigenvalue weighted by Gasteiger charge is -2.19. The third-order valence-electron chi connectivity index (χ3n) is 2.63. The van der Waals surface area contributed by atoms with E-state index in [4.69, 9.17) is 10.5 Å².